The van der Waals surface area contributed by atoms with Crippen LogP contribution in [-0.4, -0.2) is 23.0 Å². The summed E-state index contributed by atoms with van der Waals surface area (Å²) >= 11 is 6.12. The number of alkyl halides is 3. The van der Waals surface area contributed by atoms with Crippen LogP contribution in [0.25, 0.3) is 22.2 Å². The van der Waals surface area contributed by atoms with Crippen LogP contribution >= 0.6 is 11.6 Å². The molecule has 0 saturated heterocycles. The van der Waals surface area contributed by atoms with E-state index in [0.29, 0.717) is 17.1 Å². The van der Waals surface area contributed by atoms with E-state index in [4.69, 9.17) is 11.6 Å². The third-order valence-corrected chi connectivity index (χ3v) is 7.68. The summed E-state index contributed by atoms with van der Waals surface area (Å²) in [4.78, 5) is 7.39. The van der Waals surface area contributed by atoms with Crippen LogP contribution in [0.5, 0.6) is 0 Å². The molecular weight excluding hydrogens is 537 g/mol. The van der Waals surface area contributed by atoms with Crippen molar-refractivity contribution in [1.82, 2.24) is 14.5 Å². The Morgan fingerprint density at radius 3 is 2.39 bits per heavy atom. The molecule has 194 valence electrons. The van der Waals surface area contributed by atoms with Crippen molar-refractivity contribution in [3.05, 3.63) is 107 Å². The second kappa shape index (κ2) is 9.77. The molecule has 0 saturated carbocycles. The quantitative estimate of drug-likeness (QED) is 0.246. The van der Waals surface area contributed by atoms with Crippen LogP contribution < -0.4 is 4.72 Å². The highest BCUT2D eigenvalue weighted by molar-refractivity contribution is 7.92. The Labute approximate surface area is 221 Å². The Kier molecular flexibility index (Phi) is 6.62. The predicted octanol–water partition coefficient (Wildman–Crippen LogP) is 6.93. The van der Waals surface area contributed by atoms with Gasteiger partial charge in [0.05, 0.1) is 10.5 Å². The van der Waals surface area contributed by atoms with E-state index < -0.39 is 26.7 Å². The molecule has 0 fully saturated rings. The number of fused-ring (bicyclic) bond motifs is 1. The molecule has 2 heterocycles. The first-order valence-corrected chi connectivity index (χ1v) is 13.2. The summed E-state index contributed by atoms with van der Waals surface area (Å²) in [6.45, 7) is 2.60. The lowest BCUT2D eigenvalue weighted by Gasteiger charge is -2.15. The number of sulfonamides is 1. The molecule has 0 aliphatic rings. The smallest absolute Gasteiger partial charge is 0.340 e. The van der Waals surface area contributed by atoms with Crippen molar-refractivity contribution in [2.45, 2.75) is 24.5 Å². The lowest BCUT2D eigenvalue weighted by atomic mass is 10.1. The van der Waals surface area contributed by atoms with Crippen molar-refractivity contribution in [2.75, 3.05) is 4.72 Å². The van der Waals surface area contributed by atoms with E-state index in [2.05, 4.69) is 25.3 Å². The highest BCUT2D eigenvalue weighted by atomic mass is 35.5. The van der Waals surface area contributed by atoms with Crippen molar-refractivity contribution in [2.24, 2.45) is 0 Å². The maximum atomic E-state index is 13.4. The number of anilines is 1. The summed E-state index contributed by atoms with van der Waals surface area (Å²) in [5, 5.41) is 1.70. The van der Waals surface area contributed by atoms with Crippen LogP contribution in [-0.2, 0) is 22.7 Å². The molecule has 0 aliphatic heterocycles. The van der Waals surface area contributed by atoms with Crippen molar-refractivity contribution in [3.63, 3.8) is 0 Å². The first-order valence-electron chi connectivity index (χ1n) is 11.4. The minimum absolute atomic E-state index is 0.179. The molecule has 0 atom stereocenters. The molecule has 38 heavy (non-hydrogen) atoms. The zero-order chi connectivity index (χ0) is 27.1. The fourth-order valence-corrected chi connectivity index (χ4v) is 5.71. The number of nitrogens with one attached hydrogen (secondary N) is 1. The maximum absolute atomic E-state index is 13.4. The van der Waals surface area contributed by atoms with Gasteiger partial charge in [0, 0.05) is 46.1 Å². The summed E-state index contributed by atoms with van der Waals surface area (Å²) in [5.74, 6) is -0.179. The monoisotopic (exact) mass is 556 g/mol. The Balaban J connectivity index is 1.44. The van der Waals surface area contributed by atoms with E-state index in [1.165, 1.54) is 18.5 Å². The molecule has 5 rings (SSSR count). The van der Waals surface area contributed by atoms with Crippen LogP contribution in [0, 0.1) is 6.92 Å². The largest absolute Gasteiger partial charge is 0.417 e. The lowest BCUT2D eigenvalue weighted by molar-refractivity contribution is -0.139. The lowest BCUT2D eigenvalue weighted by Crippen LogP contribution is -2.20. The summed E-state index contributed by atoms with van der Waals surface area (Å²) in [5.41, 5.74) is 2.55. The van der Waals surface area contributed by atoms with E-state index in [9.17, 15) is 21.6 Å². The Bertz CT molecular complexity index is 1750. The standard InChI is InChI=1S/C27H20ClF3N4O2S/c1-17-14-20-15-21(28)10-11-23(20)35(17)16-18-6-8-19(9-7-18)25-26(33-13-12-32-25)34-38(36,37)24-5-3-2-4-22(24)27(29,30)31/h2-15H,16H2,1H3,(H,33,34). The van der Waals surface area contributed by atoms with Gasteiger partial charge in [-0.05, 0) is 48.9 Å². The second-order valence-electron chi connectivity index (χ2n) is 8.62. The highest BCUT2D eigenvalue weighted by Gasteiger charge is 2.37. The SMILES string of the molecule is Cc1cc2cc(Cl)ccc2n1Cc1ccc(-c2nccnc2NS(=O)(=O)c2ccccc2C(F)(F)F)cc1. The number of aromatic nitrogens is 3. The van der Waals surface area contributed by atoms with E-state index in [1.807, 2.05) is 37.3 Å². The molecule has 5 aromatic rings. The number of rotatable bonds is 6. The van der Waals surface area contributed by atoms with Crippen LogP contribution in [0.2, 0.25) is 5.02 Å². The average Bonchev–Trinajstić information content (AvgIpc) is 3.18. The fraction of sp³-hybridized carbons (Fsp3) is 0.111. The maximum Gasteiger partial charge on any atom is 0.417 e. The number of benzene rings is 3. The number of halogens is 4. The van der Waals surface area contributed by atoms with Crippen molar-refractivity contribution >= 4 is 38.3 Å². The molecule has 0 spiro atoms. The van der Waals surface area contributed by atoms with Gasteiger partial charge >= 0.3 is 6.18 Å². The van der Waals surface area contributed by atoms with Gasteiger partial charge in [0.25, 0.3) is 10.0 Å². The number of nitrogens with zero attached hydrogens (tertiary/aromatic N) is 3. The summed E-state index contributed by atoms with van der Waals surface area (Å²) in [7, 11) is -4.61. The van der Waals surface area contributed by atoms with Crippen LogP contribution in [0.4, 0.5) is 19.0 Å². The second-order valence-corrected chi connectivity index (χ2v) is 10.7. The highest BCUT2D eigenvalue weighted by Crippen LogP contribution is 2.35. The number of hydrogen-bond donors (Lipinski definition) is 1. The zero-order valence-corrected chi connectivity index (χ0v) is 21.4. The first-order chi connectivity index (χ1) is 18.0. The van der Waals surface area contributed by atoms with Crippen LogP contribution in [0.15, 0.2) is 90.1 Å². The molecule has 0 bridgehead atoms. The number of hydrogen-bond acceptors (Lipinski definition) is 4. The summed E-state index contributed by atoms with van der Waals surface area (Å²) < 4.78 is 70.6. The zero-order valence-electron chi connectivity index (χ0n) is 19.9. The van der Waals surface area contributed by atoms with Gasteiger partial charge in [0.2, 0.25) is 0 Å². The molecule has 6 nitrogen and oxygen atoms in total. The van der Waals surface area contributed by atoms with E-state index in [1.54, 1.807) is 12.1 Å². The minimum atomic E-state index is -4.85. The van der Waals surface area contributed by atoms with Gasteiger partial charge in [-0.1, -0.05) is 48.0 Å². The van der Waals surface area contributed by atoms with Crippen LogP contribution in [0.3, 0.4) is 0 Å². The third kappa shape index (κ3) is 5.09. The van der Waals surface area contributed by atoms with Gasteiger partial charge in [0.15, 0.2) is 5.82 Å². The molecule has 3 aromatic carbocycles. The molecule has 1 N–H and O–H groups in total. The third-order valence-electron chi connectivity index (χ3n) is 6.05. The minimum Gasteiger partial charge on any atom is -0.340 e. The molecule has 0 amide bonds. The topological polar surface area (TPSA) is 76.9 Å². The molecule has 0 radical (unpaired) electrons. The van der Waals surface area contributed by atoms with E-state index >= 15 is 0 Å². The Hall–Kier alpha value is -3.89. The molecule has 0 aliphatic carbocycles. The van der Waals surface area contributed by atoms with Gasteiger partial charge in [0.1, 0.15) is 5.69 Å². The Morgan fingerprint density at radius 1 is 0.947 bits per heavy atom. The van der Waals surface area contributed by atoms with Gasteiger partial charge in [-0.25, -0.2) is 13.4 Å². The summed E-state index contributed by atoms with van der Waals surface area (Å²) in [6, 6.07) is 19.0. The van der Waals surface area contributed by atoms with E-state index in [-0.39, 0.29) is 11.5 Å². The normalized spacial score (nSPS) is 12.1. The first kappa shape index (κ1) is 25.7. The average molecular weight is 557 g/mol. The van der Waals surface area contributed by atoms with Gasteiger partial charge in [-0.15, -0.1) is 0 Å². The van der Waals surface area contributed by atoms with Crippen molar-refractivity contribution in [1.29, 1.82) is 0 Å². The fourth-order valence-electron chi connectivity index (χ4n) is 4.28. The van der Waals surface area contributed by atoms with Gasteiger partial charge in [-0.3, -0.25) is 9.71 Å². The van der Waals surface area contributed by atoms with Gasteiger partial charge in [-0.2, -0.15) is 13.2 Å². The molecular formula is C27H20ClF3N4O2S. The van der Waals surface area contributed by atoms with Crippen LogP contribution in [0.1, 0.15) is 16.8 Å². The predicted molar refractivity (Wildman–Crippen MR) is 141 cm³/mol. The Morgan fingerprint density at radius 2 is 1.66 bits per heavy atom. The van der Waals surface area contributed by atoms with Crippen molar-refractivity contribution < 1.29 is 21.6 Å². The molecule has 0 unspecified atom stereocenters. The van der Waals surface area contributed by atoms with E-state index in [0.717, 1.165) is 40.4 Å². The molecule has 11 heteroatoms. The number of aryl methyl sites for hydroxylation is 1. The summed E-state index contributed by atoms with van der Waals surface area (Å²) in [6.07, 6.45) is -2.20. The molecule has 2 aromatic heterocycles. The van der Waals surface area contributed by atoms with Gasteiger partial charge < -0.3 is 4.57 Å². The van der Waals surface area contributed by atoms with Crippen molar-refractivity contribution in [3.8, 4) is 11.3 Å².